The molecular weight excluding hydrogens is 520 g/mol. The van der Waals surface area contributed by atoms with Crippen LogP contribution >= 0.6 is 0 Å². The van der Waals surface area contributed by atoms with Gasteiger partial charge in [-0.1, -0.05) is 56.2 Å². The summed E-state index contributed by atoms with van der Waals surface area (Å²) in [5, 5.41) is 0. The summed E-state index contributed by atoms with van der Waals surface area (Å²) >= 11 is 0. The van der Waals surface area contributed by atoms with Gasteiger partial charge in [-0.05, 0) is 86.7 Å². The molecule has 0 aliphatic heterocycles. The lowest BCUT2D eigenvalue weighted by Gasteiger charge is -2.07. The summed E-state index contributed by atoms with van der Waals surface area (Å²) in [6.45, 7) is 9.92. The molecule has 0 saturated heterocycles. The number of hydrogen-bond donors (Lipinski definition) is 0. The predicted octanol–water partition coefficient (Wildman–Crippen LogP) is 7.45. The fraction of sp³-hybridized carbons (Fsp3) is 0.324. The topological polar surface area (TPSA) is 88.1 Å². The summed E-state index contributed by atoms with van der Waals surface area (Å²) in [6, 6.07) is 21.8. The zero-order chi connectivity index (χ0) is 29.9. The summed E-state index contributed by atoms with van der Waals surface area (Å²) in [5.74, 6) is 0.578. The van der Waals surface area contributed by atoms with Gasteiger partial charge in [0.05, 0.1) is 18.8 Å². The van der Waals surface area contributed by atoms with E-state index < -0.39 is 11.9 Å². The highest BCUT2D eigenvalue weighted by Gasteiger charge is 2.09. The van der Waals surface area contributed by atoms with Crippen LogP contribution in [-0.4, -0.2) is 31.1 Å². The van der Waals surface area contributed by atoms with Gasteiger partial charge in [0.1, 0.15) is 17.2 Å². The molecule has 3 aromatic rings. The fourth-order valence-corrected chi connectivity index (χ4v) is 3.55. The fourth-order valence-electron chi connectivity index (χ4n) is 3.55. The van der Waals surface area contributed by atoms with E-state index in [1.807, 2.05) is 55.5 Å². The van der Waals surface area contributed by atoms with Crippen molar-refractivity contribution in [2.75, 3.05) is 13.2 Å². The van der Waals surface area contributed by atoms with Crippen LogP contribution in [0.15, 0.2) is 85.5 Å². The first-order chi connectivity index (χ1) is 19.8. The van der Waals surface area contributed by atoms with Gasteiger partial charge < -0.3 is 18.9 Å². The monoisotopic (exact) mass is 560 g/mol. The normalized spacial score (nSPS) is 10.0. The Labute approximate surface area is 243 Å². The molecule has 0 spiro atoms. The van der Waals surface area contributed by atoms with Crippen molar-refractivity contribution in [3.05, 3.63) is 102 Å². The quantitative estimate of drug-likeness (QED) is 0.0876. The summed E-state index contributed by atoms with van der Waals surface area (Å²) < 4.78 is 20.7. The van der Waals surface area contributed by atoms with Crippen molar-refractivity contribution in [3.8, 4) is 17.2 Å². The number of aryl methyl sites for hydroxylation is 2. The molecule has 7 nitrogen and oxygen atoms in total. The second kappa shape index (κ2) is 18.8. The lowest BCUT2D eigenvalue weighted by molar-refractivity contribution is -0.138. The van der Waals surface area contributed by atoms with E-state index in [0.29, 0.717) is 30.3 Å². The second-order valence-electron chi connectivity index (χ2n) is 9.35. The highest BCUT2D eigenvalue weighted by Crippen LogP contribution is 2.18. The molecule has 0 aromatic heterocycles. The average Bonchev–Trinajstić information content (AvgIpc) is 2.97. The largest absolute Gasteiger partial charge is 0.494 e. The number of esters is 3. The molecule has 0 atom stereocenters. The highest BCUT2D eigenvalue weighted by atomic mass is 16.5. The molecule has 0 amide bonds. The molecule has 0 heterocycles. The zero-order valence-electron chi connectivity index (χ0n) is 24.2. The van der Waals surface area contributed by atoms with E-state index in [-0.39, 0.29) is 5.97 Å². The van der Waals surface area contributed by atoms with Gasteiger partial charge in [-0.2, -0.15) is 0 Å². The zero-order valence-corrected chi connectivity index (χ0v) is 24.2. The van der Waals surface area contributed by atoms with Gasteiger partial charge in [-0.25, -0.2) is 9.59 Å². The first-order valence-corrected chi connectivity index (χ1v) is 13.9. The Morgan fingerprint density at radius 1 is 0.732 bits per heavy atom. The Kier molecular flexibility index (Phi) is 15.1. The third-order valence-corrected chi connectivity index (χ3v) is 5.79. The maximum Gasteiger partial charge on any atom is 0.343 e. The lowest BCUT2D eigenvalue weighted by atomic mass is 10.1. The van der Waals surface area contributed by atoms with Crippen molar-refractivity contribution in [2.45, 2.75) is 59.3 Å². The first kappa shape index (κ1) is 32.8. The number of benzene rings is 3. The highest BCUT2D eigenvalue weighted by molar-refractivity contribution is 5.91. The standard InChI is InChI=1S/C20H22O4.C14H18O3/c1-3-4-5-6-16-7-11-19(12-8-16)24-20(22)17-9-13-18(14-10-17)23-15(2)21;1-3-14(15)17-11-5-4-10-16-13-8-6-12(2)7-9-13/h7-14H,3-6H2,1-2H3;3,6-9H,1,4-5,10-11H2,2H3. The summed E-state index contributed by atoms with van der Waals surface area (Å²) in [7, 11) is 0. The molecule has 0 bridgehead atoms. The van der Waals surface area contributed by atoms with E-state index in [2.05, 4.69) is 13.5 Å². The molecule has 3 rings (SSSR count). The van der Waals surface area contributed by atoms with E-state index in [1.165, 1.54) is 43.4 Å². The van der Waals surface area contributed by atoms with Crippen LogP contribution in [0.4, 0.5) is 0 Å². The van der Waals surface area contributed by atoms with Crippen LogP contribution in [0.1, 0.15) is 67.4 Å². The smallest absolute Gasteiger partial charge is 0.343 e. The van der Waals surface area contributed by atoms with Gasteiger partial charge in [0.25, 0.3) is 0 Å². The van der Waals surface area contributed by atoms with Crippen molar-refractivity contribution in [2.24, 2.45) is 0 Å². The van der Waals surface area contributed by atoms with E-state index in [9.17, 15) is 14.4 Å². The van der Waals surface area contributed by atoms with Gasteiger partial charge in [0.2, 0.25) is 0 Å². The van der Waals surface area contributed by atoms with E-state index >= 15 is 0 Å². The van der Waals surface area contributed by atoms with Gasteiger partial charge in [0, 0.05) is 13.0 Å². The second-order valence-corrected chi connectivity index (χ2v) is 9.35. The van der Waals surface area contributed by atoms with Crippen molar-refractivity contribution >= 4 is 17.9 Å². The number of carbonyl (C=O) groups is 3. The molecule has 0 unspecified atom stereocenters. The van der Waals surface area contributed by atoms with E-state index in [4.69, 9.17) is 18.9 Å². The van der Waals surface area contributed by atoms with Crippen LogP contribution in [-0.2, 0) is 20.7 Å². The molecule has 0 aliphatic carbocycles. The molecule has 41 heavy (non-hydrogen) atoms. The molecule has 7 heteroatoms. The molecule has 0 fully saturated rings. The van der Waals surface area contributed by atoms with Crippen molar-refractivity contribution in [1.82, 2.24) is 0 Å². The Morgan fingerprint density at radius 2 is 1.32 bits per heavy atom. The van der Waals surface area contributed by atoms with Crippen LogP contribution in [0, 0.1) is 6.92 Å². The van der Waals surface area contributed by atoms with Gasteiger partial charge in [-0.15, -0.1) is 0 Å². The molecule has 0 N–H and O–H groups in total. The Hall–Kier alpha value is -4.39. The van der Waals surface area contributed by atoms with Crippen LogP contribution in [0.25, 0.3) is 0 Å². The minimum Gasteiger partial charge on any atom is -0.494 e. The number of ether oxygens (including phenoxy) is 4. The average molecular weight is 561 g/mol. The van der Waals surface area contributed by atoms with E-state index in [1.54, 1.807) is 24.3 Å². The molecule has 0 aliphatic rings. The molecule has 0 radical (unpaired) electrons. The Morgan fingerprint density at radius 3 is 1.93 bits per heavy atom. The van der Waals surface area contributed by atoms with Gasteiger partial charge in [0.15, 0.2) is 0 Å². The Balaban J connectivity index is 0.000000305. The minimum atomic E-state index is -0.442. The van der Waals surface area contributed by atoms with E-state index in [0.717, 1.165) is 25.0 Å². The predicted molar refractivity (Wildman–Crippen MR) is 159 cm³/mol. The van der Waals surface area contributed by atoms with Crippen LogP contribution < -0.4 is 14.2 Å². The number of hydrogen-bond acceptors (Lipinski definition) is 7. The third-order valence-electron chi connectivity index (χ3n) is 5.79. The molecule has 3 aromatic carbocycles. The number of unbranched alkanes of at least 4 members (excludes halogenated alkanes) is 3. The number of carbonyl (C=O) groups excluding carboxylic acids is 3. The first-order valence-electron chi connectivity index (χ1n) is 13.9. The maximum atomic E-state index is 12.1. The molecule has 0 saturated carbocycles. The summed E-state index contributed by atoms with van der Waals surface area (Å²) in [4.78, 5) is 33.7. The molecule has 218 valence electrons. The summed E-state index contributed by atoms with van der Waals surface area (Å²) in [6.07, 6.45) is 7.46. The maximum absolute atomic E-state index is 12.1. The minimum absolute atomic E-state index is 0.371. The van der Waals surface area contributed by atoms with Crippen molar-refractivity contribution < 1.29 is 33.3 Å². The number of rotatable bonds is 14. The SMILES string of the molecule is C=CC(=O)OCCCCOc1ccc(C)cc1.CCCCCc1ccc(OC(=O)c2ccc(OC(C)=O)cc2)cc1. The van der Waals surface area contributed by atoms with Crippen LogP contribution in [0.5, 0.6) is 17.2 Å². The van der Waals surface area contributed by atoms with Crippen molar-refractivity contribution in [1.29, 1.82) is 0 Å². The lowest BCUT2D eigenvalue weighted by Crippen LogP contribution is -2.08. The summed E-state index contributed by atoms with van der Waals surface area (Å²) in [5.41, 5.74) is 2.86. The van der Waals surface area contributed by atoms with Crippen molar-refractivity contribution in [3.63, 3.8) is 0 Å². The third kappa shape index (κ3) is 14.0. The van der Waals surface area contributed by atoms with Crippen LogP contribution in [0.2, 0.25) is 0 Å². The van der Waals surface area contributed by atoms with Gasteiger partial charge >= 0.3 is 17.9 Å². The van der Waals surface area contributed by atoms with Crippen LogP contribution in [0.3, 0.4) is 0 Å². The molecular formula is C34H40O7. The Bertz CT molecular complexity index is 1210. The van der Waals surface area contributed by atoms with Gasteiger partial charge in [-0.3, -0.25) is 4.79 Å².